The molecule has 0 saturated heterocycles. The molecule has 0 aromatic carbocycles. The highest BCUT2D eigenvalue weighted by Crippen LogP contribution is 2.29. The van der Waals surface area contributed by atoms with Crippen LogP contribution in [0.4, 0.5) is 0 Å². The van der Waals surface area contributed by atoms with Crippen LogP contribution >= 0.6 is 0 Å². The van der Waals surface area contributed by atoms with E-state index in [1.807, 2.05) is 0 Å². The van der Waals surface area contributed by atoms with Crippen LogP contribution in [0.2, 0.25) is 104 Å². The normalized spacial score (nSPS) is 15.8. The van der Waals surface area contributed by atoms with Gasteiger partial charge in [-0.3, -0.25) is 0 Å². The Labute approximate surface area is 235 Å². The van der Waals surface area contributed by atoms with E-state index in [0.29, 0.717) is 6.61 Å². The molecule has 37 heavy (non-hydrogen) atoms. The third-order valence-electron chi connectivity index (χ3n) is 4.63. The molecule has 0 aliphatic rings. The maximum Gasteiger partial charge on any atom is 0.314 e. The predicted octanol–water partition coefficient (Wildman–Crippen LogP) is 5.39. The molecule has 0 aromatic rings. The molecule has 0 aliphatic heterocycles. The van der Waals surface area contributed by atoms with E-state index in [1.54, 1.807) is 0 Å². The van der Waals surface area contributed by atoms with Crippen molar-refractivity contribution in [3.05, 3.63) is 0 Å². The van der Waals surface area contributed by atoms with Gasteiger partial charge < -0.3 is 39.6 Å². The summed E-state index contributed by atoms with van der Waals surface area (Å²) in [5.41, 5.74) is 0. The maximum atomic E-state index is 9.39. The first kappa shape index (κ1) is 38.2. The molecule has 0 amide bonds. The average molecular weight is 651 g/mol. The van der Waals surface area contributed by atoms with E-state index in [1.165, 1.54) is 0 Å². The zero-order chi connectivity index (χ0) is 29.6. The summed E-state index contributed by atoms with van der Waals surface area (Å²) in [6, 6.07) is 0.921. The fourth-order valence-corrected chi connectivity index (χ4v) is 39.1. The summed E-state index contributed by atoms with van der Waals surface area (Å²) >= 11 is 0. The molecule has 0 rings (SSSR count). The number of aliphatic hydroxyl groups is 2. The molecule has 1 atom stereocenters. The van der Waals surface area contributed by atoms with Crippen molar-refractivity contribution in [1.82, 2.24) is 0 Å². The van der Waals surface area contributed by atoms with Crippen molar-refractivity contribution in [3.63, 3.8) is 0 Å². The molecule has 0 aliphatic carbocycles. The first-order valence-corrected chi connectivity index (χ1v) is 33.9. The van der Waals surface area contributed by atoms with Crippen LogP contribution in [0.5, 0.6) is 0 Å². The van der Waals surface area contributed by atoms with Crippen LogP contribution in [0.3, 0.4) is 0 Å². The Bertz CT molecular complexity index is 684. The molecule has 16 heteroatoms. The van der Waals surface area contributed by atoms with Gasteiger partial charge in [-0.15, -0.1) is 0 Å². The molecule has 1 unspecified atom stereocenters. The number of aliphatic hydroxyl groups excluding tert-OH is 2. The van der Waals surface area contributed by atoms with Gasteiger partial charge in [0.2, 0.25) is 0 Å². The van der Waals surface area contributed by atoms with Gasteiger partial charge in [0, 0.05) is 6.61 Å². The van der Waals surface area contributed by atoms with Crippen LogP contribution in [0.15, 0.2) is 0 Å². The minimum atomic E-state index is -2.56. The molecule has 0 saturated carbocycles. The number of hydrogen-bond acceptors (Lipinski definition) is 9. The average Bonchev–Trinajstić information content (AvgIpc) is 2.52. The van der Waals surface area contributed by atoms with Gasteiger partial charge >= 0.3 is 42.8 Å². The smallest absolute Gasteiger partial charge is 0.314 e. The highest BCUT2D eigenvalue weighted by Gasteiger charge is 2.48. The second-order valence-electron chi connectivity index (χ2n) is 13.5. The van der Waals surface area contributed by atoms with E-state index in [-0.39, 0.29) is 13.2 Å². The topological polar surface area (TPSA) is 105 Å². The summed E-state index contributed by atoms with van der Waals surface area (Å²) in [7, 11) is -16.1. The molecule has 0 bridgehead atoms. The molecule has 0 radical (unpaired) electrons. The monoisotopic (exact) mass is 650 g/mol. The van der Waals surface area contributed by atoms with E-state index in [2.05, 4.69) is 98.2 Å². The first-order valence-electron chi connectivity index (χ1n) is 13.3. The van der Waals surface area contributed by atoms with Gasteiger partial charge in [-0.05, 0) is 111 Å². The minimum Gasteiger partial charge on any atom is -0.437 e. The molecular formula is C21H58O9Si7. The van der Waals surface area contributed by atoms with Gasteiger partial charge in [0.25, 0.3) is 0 Å². The molecule has 0 heterocycles. The van der Waals surface area contributed by atoms with Crippen LogP contribution in [-0.4, -0.2) is 95.6 Å². The van der Waals surface area contributed by atoms with Crippen molar-refractivity contribution >= 4 is 59.4 Å². The summed E-state index contributed by atoms with van der Waals surface area (Å²) in [6.07, 6.45) is 0.0189. The van der Waals surface area contributed by atoms with E-state index in [4.69, 9.17) is 34.5 Å². The molecule has 9 nitrogen and oxygen atoms in total. The van der Waals surface area contributed by atoms with Gasteiger partial charge in [-0.2, -0.15) is 0 Å². The third kappa shape index (κ3) is 19.8. The molecule has 224 valence electrons. The fourth-order valence-electron chi connectivity index (χ4n) is 4.80. The lowest BCUT2D eigenvalue weighted by Crippen LogP contribution is -2.60. The van der Waals surface area contributed by atoms with E-state index in [9.17, 15) is 5.11 Å². The molecular weight excluding hydrogens is 593 g/mol. The molecule has 0 aromatic heterocycles. The third-order valence-corrected chi connectivity index (χ3v) is 30.5. The predicted molar refractivity (Wildman–Crippen MR) is 168 cm³/mol. The fraction of sp³-hybridized carbons (Fsp3) is 1.00. The van der Waals surface area contributed by atoms with E-state index < -0.39 is 65.5 Å². The Hall–Kier alpha value is 1.16. The Morgan fingerprint density at radius 1 is 0.541 bits per heavy atom. The quantitative estimate of drug-likeness (QED) is 0.141. The minimum absolute atomic E-state index is 0.150. The van der Waals surface area contributed by atoms with Crippen molar-refractivity contribution in [3.8, 4) is 0 Å². The summed E-state index contributed by atoms with van der Waals surface area (Å²) in [6.45, 7) is 32.2. The number of ether oxygens (including phenoxy) is 1. The van der Waals surface area contributed by atoms with Crippen molar-refractivity contribution in [1.29, 1.82) is 0 Å². The highest BCUT2D eigenvalue weighted by molar-refractivity contribution is 6.91. The van der Waals surface area contributed by atoms with Gasteiger partial charge in [0.1, 0.15) is 6.10 Å². The summed E-state index contributed by atoms with van der Waals surface area (Å²) in [4.78, 5) is 0. The Morgan fingerprint density at radius 2 is 0.892 bits per heavy atom. The summed E-state index contributed by atoms with van der Waals surface area (Å²) in [5, 5.41) is 18.3. The lowest BCUT2D eigenvalue weighted by molar-refractivity contribution is 0.00638. The second kappa shape index (κ2) is 14.4. The molecule has 0 fully saturated rings. The van der Waals surface area contributed by atoms with Gasteiger partial charge in [0.15, 0.2) is 16.6 Å². The zero-order valence-corrected chi connectivity index (χ0v) is 33.4. The van der Waals surface area contributed by atoms with Crippen LogP contribution in [0.1, 0.15) is 6.42 Å². The Kier molecular flexibility index (Phi) is 14.8. The Morgan fingerprint density at radius 3 is 1.24 bits per heavy atom. The Balaban J connectivity index is 5.01. The van der Waals surface area contributed by atoms with Crippen LogP contribution in [0.25, 0.3) is 0 Å². The summed E-state index contributed by atoms with van der Waals surface area (Å²) < 4.78 is 44.9. The zero-order valence-electron chi connectivity index (χ0n) is 26.4. The SMILES string of the molecule is C[Si](C)(C)O[Si](C)(C)O[Si](C)(C)O[Si](C)(C)O[Si](C)(C)O[Si](C)(C)O[Si](C)(C)CCCOCC(O)CO. The lowest BCUT2D eigenvalue weighted by Gasteiger charge is -2.43. The lowest BCUT2D eigenvalue weighted by atomic mass is 10.4. The van der Waals surface area contributed by atoms with Crippen LogP contribution in [-0.2, 0) is 29.4 Å². The summed E-state index contributed by atoms with van der Waals surface area (Å²) in [5.74, 6) is 0. The van der Waals surface area contributed by atoms with Gasteiger partial charge in [-0.1, -0.05) is 0 Å². The van der Waals surface area contributed by atoms with Gasteiger partial charge in [0.05, 0.1) is 13.2 Å². The van der Waals surface area contributed by atoms with Crippen molar-refractivity contribution in [2.24, 2.45) is 0 Å². The standard InChI is InChI=1S/C21H58O9Si7/c1-31(2,3)25-33(6,7)27-35(10,11)29-37(14,15)30-36(12,13)28-34(8,9)26-32(4,5)18-16-17-24-20-21(23)19-22/h21-23H,16-20H2,1-15H3. The maximum absolute atomic E-state index is 9.39. The van der Waals surface area contributed by atoms with Crippen LogP contribution < -0.4 is 0 Å². The van der Waals surface area contributed by atoms with Crippen LogP contribution in [0, 0.1) is 0 Å². The second-order valence-corrected chi connectivity index (χ2v) is 40.6. The largest absolute Gasteiger partial charge is 0.437 e. The van der Waals surface area contributed by atoms with E-state index in [0.717, 1.165) is 12.5 Å². The van der Waals surface area contributed by atoms with Crippen molar-refractivity contribution in [2.75, 3.05) is 19.8 Å². The van der Waals surface area contributed by atoms with Crippen molar-refractivity contribution in [2.45, 2.75) is 117 Å². The first-order chi connectivity index (χ1) is 16.2. The number of hydrogen-bond donors (Lipinski definition) is 2. The van der Waals surface area contributed by atoms with Crippen molar-refractivity contribution < 1.29 is 39.6 Å². The highest BCUT2D eigenvalue weighted by atomic mass is 28.5. The van der Waals surface area contributed by atoms with Gasteiger partial charge in [-0.25, -0.2) is 0 Å². The molecule has 2 N–H and O–H groups in total. The van der Waals surface area contributed by atoms with E-state index >= 15 is 0 Å². The molecule has 0 spiro atoms. The number of rotatable bonds is 19.